The van der Waals surface area contributed by atoms with E-state index < -0.39 is 0 Å². The summed E-state index contributed by atoms with van der Waals surface area (Å²) >= 11 is 5.99. The standard InChI is InChI=1S/C13H17ClN2O2/c1-9-11(3-2-4-12(9)14)13(17)16-8-10-7-15-5-6-18-10/h2-4,10,15H,5-8H2,1H3,(H,16,17). The Morgan fingerprint density at radius 3 is 3.17 bits per heavy atom. The Kier molecular flexibility index (Phi) is 4.58. The van der Waals surface area contributed by atoms with E-state index in [4.69, 9.17) is 16.3 Å². The van der Waals surface area contributed by atoms with Crippen molar-refractivity contribution in [3.8, 4) is 0 Å². The van der Waals surface area contributed by atoms with E-state index in [1.165, 1.54) is 0 Å². The molecule has 0 bridgehead atoms. The lowest BCUT2D eigenvalue weighted by atomic mass is 10.1. The van der Waals surface area contributed by atoms with Crippen LogP contribution in [0.25, 0.3) is 0 Å². The molecule has 1 aromatic carbocycles. The van der Waals surface area contributed by atoms with Crippen LogP contribution in [0.3, 0.4) is 0 Å². The first-order valence-corrected chi connectivity index (χ1v) is 6.42. The molecule has 1 aliphatic rings. The molecule has 18 heavy (non-hydrogen) atoms. The minimum atomic E-state index is -0.107. The van der Waals surface area contributed by atoms with Gasteiger partial charge in [-0.05, 0) is 24.6 Å². The predicted octanol–water partition coefficient (Wildman–Crippen LogP) is 1.37. The minimum absolute atomic E-state index is 0.0437. The molecule has 1 saturated heterocycles. The van der Waals surface area contributed by atoms with Crippen LogP contribution in [0.4, 0.5) is 0 Å². The van der Waals surface area contributed by atoms with Gasteiger partial charge < -0.3 is 15.4 Å². The molecular weight excluding hydrogens is 252 g/mol. The summed E-state index contributed by atoms with van der Waals surface area (Å²) in [6, 6.07) is 5.33. The Hall–Kier alpha value is -1.10. The van der Waals surface area contributed by atoms with E-state index in [-0.39, 0.29) is 12.0 Å². The van der Waals surface area contributed by atoms with Gasteiger partial charge in [-0.3, -0.25) is 4.79 Å². The van der Waals surface area contributed by atoms with E-state index >= 15 is 0 Å². The van der Waals surface area contributed by atoms with Gasteiger partial charge in [0, 0.05) is 30.2 Å². The van der Waals surface area contributed by atoms with E-state index in [2.05, 4.69) is 10.6 Å². The lowest BCUT2D eigenvalue weighted by Gasteiger charge is -2.23. The van der Waals surface area contributed by atoms with E-state index in [0.29, 0.717) is 23.7 Å². The first-order chi connectivity index (χ1) is 8.68. The summed E-state index contributed by atoms with van der Waals surface area (Å²) in [5.74, 6) is -0.107. The van der Waals surface area contributed by atoms with Crippen LogP contribution in [0.1, 0.15) is 15.9 Å². The van der Waals surface area contributed by atoms with E-state index in [1.54, 1.807) is 18.2 Å². The van der Waals surface area contributed by atoms with E-state index in [0.717, 1.165) is 18.7 Å². The van der Waals surface area contributed by atoms with Gasteiger partial charge in [-0.15, -0.1) is 0 Å². The van der Waals surface area contributed by atoms with Gasteiger partial charge in [0.1, 0.15) is 0 Å². The fraction of sp³-hybridized carbons (Fsp3) is 0.462. The zero-order chi connectivity index (χ0) is 13.0. The van der Waals surface area contributed by atoms with Crippen LogP contribution in [-0.2, 0) is 4.74 Å². The SMILES string of the molecule is Cc1c(Cl)cccc1C(=O)NCC1CNCCO1. The van der Waals surface area contributed by atoms with E-state index in [9.17, 15) is 4.79 Å². The van der Waals surface area contributed by atoms with Gasteiger partial charge >= 0.3 is 0 Å². The molecule has 0 radical (unpaired) electrons. The number of halogens is 1. The van der Waals surface area contributed by atoms with Crippen LogP contribution in [-0.4, -0.2) is 38.3 Å². The topological polar surface area (TPSA) is 50.4 Å². The molecule has 1 atom stereocenters. The number of hydrogen-bond acceptors (Lipinski definition) is 3. The van der Waals surface area contributed by atoms with Crippen LogP contribution in [0, 0.1) is 6.92 Å². The Balaban J connectivity index is 1.93. The number of carbonyl (C=O) groups excluding carboxylic acids is 1. The largest absolute Gasteiger partial charge is 0.374 e. The number of morpholine rings is 1. The quantitative estimate of drug-likeness (QED) is 0.871. The fourth-order valence-corrected chi connectivity index (χ4v) is 2.08. The molecule has 1 amide bonds. The molecule has 1 aliphatic heterocycles. The molecule has 0 spiro atoms. The van der Waals surface area contributed by atoms with Crippen molar-refractivity contribution in [1.29, 1.82) is 0 Å². The molecule has 1 aromatic rings. The van der Waals surface area contributed by atoms with Gasteiger partial charge in [-0.25, -0.2) is 0 Å². The van der Waals surface area contributed by atoms with Crippen LogP contribution < -0.4 is 10.6 Å². The number of amides is 1. The summed E-state index contributed by atoms with van der Waals surface area (Å²) in [5, 5.41) is 6.71. The summed E-state index contributed by atoms with van der Waals surface area (Å²) in [5.41, 5.74) is 1.42. The molecule has 2 rings (SSSR count). The molecule has 1 fully saturated rings. The van der Waals surface area contributed by atoms with Crippen molar-refractivity contribution in [3.63, 3.8) is 0 Å². The summed E-state index contributed by atoms with van der Waals surface area (Å²) in [6.45, 7) is 4.69. The second-order valence-corrected chi connectivity index (χ2v) is 4.73. The molecule has 2 N–H and O–H groups in total. The van der Waals surface area contributed by atoms with Crippen molar-refractivity contribution in [1.82, 2.24) is 10.6 Å². The monoisotopic (exact) mass is 268 g/mol. The highest BCUT2D eigenvalue weighted by molar-refractivity contribution is 6.31. The maximum Gasteiger partial charge on any atom is 0.251 e. The van der Waals surface area contributed by atoms with Crippen LogP contribution >= 0.6 is 11.6 Å². The van der Waals surface area contributed by atoms with E-state index in [1.807, 2.05) is 6.92 Å². The smallest absolute Gasteiger partial charge is 0.251 e. The third kappa shape index (κ3) is 3.22. The first-order valence-electron chi connectivity index (χ1n) is 6.04. The van der Waals surface area contributed by atoms with Crippen LogP contribution in [0.15, 0.2) is 18.2 Å². The number of benzene rings is 1. The third-order valence-corrected chi connectivity index (χ3v) is 3.42. The number of rotatable bonds is 3. The zero-order valence-electron chi connectivity index (χ0n) is 10.3. The Morgan fingerprint density at radius 1 is 1.61 bits per heavy atom. The predicted molar refractivity (Wildman–Crippen MR) is 71.1 cm³/mol. The van der Waals surface area contributed by atoms with Gasteiger partial charge in [0.2, 0.25) is 0 Å². The minimum Gasteiger partial charge on any atom is -0.374 e. The lowest BCUT2D eigenvalue weighted by molar-refractivity contribution is 0.0287. The second-order valence-electron chi connectivity index (χ2n) is 4.32. The van der Waals surface area contributed by atoms with Crippen LogP contribution in [0.5, 0.6) is 0 Å². The summed E-state index contributed by atoms with van der Waals surface area (Å²) in [7, 11) is 0. The van der Waals surface area contributed by atoms with Crippen molar-refractivity contribution in [2.45, 2.75) is 13.0 Å². The average molecular weight is 269 g/mol. The van der Waals surface area contributed by atoms with Crippen molar-refractivity contribution >= 4 is 17.5 Å². The van der Waals surface area contributed by atoms with Gasteiger partial charge in [0.05, 0.1) is 12.7 Å². The van der Waals surface area contributed by atoms with Gasteiger partial charge in [0.15, 0.2) is 0 Å². The molecule has 0 aliphatic carbocycles. The van der Waals surface area contributed by atoms with Gasteiger partial charge in [-0.1, -0.05) is 17.7 Å². The van der Waals surface area contributed by atoms with Crippen molar-refractivity contribution in [3.05, 3.63) is 34.3 Å². The maximum absolute atomic E-state index is 12.0. The lowest BCUT2D eigenvalue weighted by Crippen LogP contribution is -2.45. The number of hydrogen-bond donors (Lipinski definition) is 2. The molecule has 4 nitrogen and oxygen atoms in total. The number of carbonyl (C=O) groups is 1. The maximum atomic E-state index is 12.0. The second kappa shape index (κ2) is 6.18. The van der Waals surface area contributed by atoms with Crippen LogP contribution in [0.2, 0.25) is 5.02 Å². The van der Waals surface area contributed by atoms with Crippen molar-refractivity contribution in [2.24, 2.45) is 0 Å². The van der Waals surface area contributed by atoms with Gasteiger partial charge in [0.25, 0.3) is 5.91 Å². The number of nitrogens with one attached hydrogen (secondary N) is 2. The molecule has 98 valence electrons. The molecule has 1 unspecified atom stereocenters. The highest BCUT2D eigenvalue weighted by atomic mass is 35.5. The Bertz CT molecular complexity index is 431. The van der Waals surface area contributed by atoms with Crippen molar-refractivity contribution in [2.75, 3.05) is 26.2 Å². The first kappa shape index (κ1) is 13.3. The summed E-state index contributed by atoms with van der Waals surface area (Å²) < 4.78 is 5.51. The molecule has 0 aromatic heterocycles. The zero-order valence-corrected chi connectivity index (χ0v) is 11.1. The highest BCUT2D eigenvalue weighted by Gasteiger charge is 2.16. The highest BCUT2D eigenvalue weighted by Crippen LogP contribution is 2.18. The summed E-state index contributed by atoms with van der Waals surface area (Å²) in [6.07, 6.45) is 0.0437. The molecule has 0 saturated carbocycles. The molecular formula is C13H17ClN2O2. The molecule has 1 heterocycles. The molecule has 5 heteroatoms. The Labute approximate surface area is 112 Å². The average Bonchev–Trinajstić information content (AvgIpc) is 2.40. The third-order valence-electron chi connectivity index (χ3n) is 3.01. The summed E-state index contributed by atoms with van der Waals surface area (Å²) in [4.78, 5) is 12.0. The van der Waals surface area contributed by atoms with Crippen molar-refractivity contribution < 1.29 is 9.53 Å². The normalized spacial score (nSPS) is 19.6. The number of ether oxygens (including phenoxy) is 1. The van der Waals surface area contributed by atoms with Gasteiger partial charge in [-0.2, -0.15) is 0 Å². The fourth-order valence-electron chi connectivity index (χ4n) is 1.91. The Morgan fingerprint density at radius 2 is 2.44 bits per heavy atom.